The Morgan fingerprint density at radius 3 is 2.55 bits per heavy atom. The molecule has 1 unspecified atom stereocenters. The molecule has 0 N–H and O–H groups in total. The Balaban J connectivity index is 1.81. The molecule has 0 spiro atoms. The number of rotatable bonds is 0. The predicted octanol–water partition coefficient (Wildman–Crippen LogP) is 4.33. The second-order valence-electron chi connectivity index (χ2n) is 8.86. The van der Waals surface area contributed by atoms with Crippen molar-refractivity contribution in [3.05, 3.63) is 12.2 Å². The van der Waals surface area contributed by atoms with Gasteiger partial charge in [0.25, 0.3) is 0 Å². The van der Waals surface area contributed by atoms with E-state index in [9.17, 15) is 9.59 Å². The third-order valence-electron chi connectivity index (χ3n) is 8.08. The van der Waals surface area contributed by atoms with Gasteiger partial charge in [0.2, 0.25) is 0 Å². The molecule has 0 aliphatic heterocycles. The molecule has 0 aromatic carbocycles. The minimum absolute atomic E-state index is 0.0806. The first-order valence-electron chi connectivity index (χ1n) is 9.16. The van der Waals surface area contributed by atoms with Crippen LogP contribution in [0.4, 0.5) is 0 Å². The highest BCUT2D eigenvalue weighted by molar-refractivity contribution is 6.02. The Morgan fingerprint density at radius 1 is 1.00 bits per heavy atom. The van der Waals surface area contributed by atoms with Crippen LogP contribution in [0.2, 0.25) is 0 Å². The fraction of sp³-hybridized carbons (Fsp3) is 0.800. The molecule has 4 fully saturated rings. The molecule has 4 aliphatic rings. The van der Waals surface area contributed by atoms with Gasteiger partial charge in [0.15, 0.2) is 5.78 Å². The van der Waals surface area contributed by atoms with Crippen LogP contribution in [-0.4, -0.2) is 11.6 Å². The van der Waals surface area contributed by atoms with Crippen LogP contribution in [0.3, 0.4) is 0 Å². The Kier molecular flexibility index (Phi) is 3.03. The highest BCUT2D eigenvalue weighted by Gasteiger charge is 2.63. The average molecular weight is 300 g/mol. The fourth-order valence-electron chi connectivity index (χ4n) is 6.78. The monoisotopic (exact) mass is 300 g/mol. The molecule has 120 valence electrons. The molecule has 2 nitrogen and oxygen atoms in total. The van der Waals surface area contributed by atoms with E-state index in [4.69, 9.17) is 0 Å². The number of ketones is 2. The molecule has 4 rings (SSSR count). The number of allylic oxidation sites excluding steroid dienone is 1. The molecule has 0 bridgehead atoms. The molecular weight excluding hydrogens is 272 g/mol. The number of hydrogen-bond donors (Lipinski definition) is 0. The second-order valence-corrected chi connectivity index (χ2v) is 8.86. The van der Waals surface area contributed by atoms with Gasteiger partial charge in [0.05, 0.1) is 0 Å². The van der Waals surface area contributed by atoms with E-state index in [-0.39, 0.29) is 23.2 Å². The van der Waals surface area contributed by atoms with Crippen molar-refractivity contribution in [2.24, 2.45) is 34.5 Å². The van der Waals surface area contributed by atoms with Gasteiger partial charge in [-0.15, -0.1) is 0 Å². The zero-order valence-electron chi connectivity index (χ0n) is 14.0. The molecule has 2 heteroatoms. The summed E-state index contributed by atoms with van der Waals surface area (Å²) in [6.07, 6.45) is 8.57. The van der Waals surface area contributed by atoms with E-state index in [1.54, 1.807) is 0 Å². The maximum atomic E-state index is 13.1. The number of fused-ring (bicyclic) bond motifs is 5. The quantitative estimate of drug-likeness (QED) is 0.624. The molecule has 0 heterocycles. The Hall–Kier alpha value is -0.920. The van der Waals surface area contributed by atoms with E-state index in [0.29, 0.717) is 29.3 Å². The largest absolute Gasteiger partial charge is 0.299 e. The lowest BCUT2D eigenvalue weighted by molar-refractivity contribution is -0.156. The van der Waals surface area contributed by atoms with E-state index >= 15 is 0 Å². The highest BCUT2D eigenvalue weighted by Crippen LogP contribution is 2.65. The maximum Gasteiger partial charge on any atom is 0.162 e. The van der Waals surface area contributed by atoms with E-state index < -0.39 is 0 Å². The topological polar surface area (TPSA) is 34.1 Å². The lowest BCUT2D eigenvalue weighted by Gasteiger charge is -2.58. The van der Waals surface area contributed by atoms with Crippen molar-refractivity contribution < 1.29 is 9.59 Å². The third kappa shape index (κ3) is 1.62. The molecule has 4 saturated carbocycles. The van der Waals surface area contributed by atoms with Gasteiger partial charge in [0.1, 0.15) is 5.78 Å². The molecule has 6 atom stereocenters. The van der Waals surface area contributed by atoms with Crippen molar-refractivity contribution in [1.29, 1.82) is 0 Å². The van der Waals surface area contributed by atoms with E-state index in [1.165, 1.54) is 25.7 Å². The standard InChI is InChI=1S/C20H28O2/c1-12-13-6-4-8-16(21)20(13,3)15-9-11-19(2)10-5-7-14(19)17(15)18(12)22/h13-15,17H,1,4-11H2,2-3H3/t13?,14-,15+,17-,19-,20-/m0/s1. The van der Waals surface area contributed by atoms with Crippen LogP contribution in [0.1, 0.15) is 65.2 Å². The molecule has 4 aliphatic carbocycles. The molecule has 22 heavy (non-hydrogen) atoms. The summed E-state index contributed by atoms with van der Waals surface area (Å²) in [6, 6.07) is 0. The minimum atomic E-state index is -0.308. The van der Waals surface area contributed by atoms with Crippen molar-refractivity contribution in [3.8, 4) is 0 Å². The lowest BCUT2D eigenvalue weighted by atomic mass is 9.44. The predicted molar refractivity (Wildman–Crippen MR) is 86.3 cm³/mol. The minimum Gasteiger partial charge on any atom is -0.299 e. The van der Waals surface area contributed by atoms with Gasteiger partial charge in [-0.05, 0) is 67.3 Å². The van der Waals surface area contributed by atoms with E-state index in [2.05, 4.69) is 20.4 Å². The molecule has 0 radical (unpaired) electrons. The van der Waals surface area contributed by atoms with Crippen LogP contribution >= 0.6 is 0 Å². The molecule has 0 aromatic rings. The molecule has 0 saturated heterocycles. The van der Waals surface area contributed by atoms with Crippen LogP contribution in [0.15, 0.2) is 12.2 Å². The number of Topliss-reactive ketones (excluding diaryl/α,β-unsaturated/α-hetero) is 2. The number of carbonyl (C=O) groups excluding carboxylic acids is 2. The Bertz CT molecular complexity index is 562. The molecule has 0 aromatic heterocycles. The first-order chi connectivity index (χ1) is 10.4. The lowest BCUT2D eigenvalue weighted by Crippen LogP contribution is -2.59. The van der Waals surface area contributed by atoms with Gasteiger partial charge >= 0.3 is 0 Å². The average Bonchev–Trinajstić information content (AvgIpc) is 2.88. The van der Waals surface area contributed by atoms with Crippen molar-refractivity contribution in [1.82, 2.24) is 0 Å². The first-order valence-corrected chi connectivity index (χ1v) is 9.16. The third-order valence-corrected chi connectivity index (χ3v) is 8.08. The van der Waals surface area contributed by atoms with Crippen LogP contribution in [0.5, 0.6) is 0 Å². The summed E-state index contributed by atoms with van der Waals surface area (Å²) in [5.74, 6) is 1.70. The van der Waals surface area contributed by atoms with Gasteiger partial charge in [0, 0.05) is 17.8 Å². The molecule has 0 amide bonds. The highest BCUT2D eigenvalue weighted by atomic mass is 16.1. The summed E-state index contributed by atoms with van der Waals surface area (Å²) in [6.45, 7) is 8.74. The normalized spacial score (nSPS) is 51.3. The fourth-order valence-corrected chi connectivity index (χ4v) is 6.78. The van der Waals surface area contributed by atoms with E-state index in [0.717, 1.165) is 24.8 Å². The summed E-state index contributed by atoms with van der Waals surface area (Å²) in [7, 11) is 0. The van der Waals surface area contributed by atoms with Gasteiger partial charge in [-0.25, -0.2) is 0 Å². The van der Waals surface area contributed by atoms with Crippen LogP contribution < -0.4 is 0 Å². The zero-order chi connectivity index (χ0) is 15.7. The summed E-state index contributed by atoms with van der Waals surface area (Å²) in [5, 5.41) is 0. The molecular formula is C20H28O2. The number of hydrogen-bond acceptors (Lipinski definition) is 2. The second kappa shape index (κ2) is 4.55. The van der Waals surface area contributed by atoms with Gasteiger partial charge in [-0.3, -0.25) is 9.59 Å². The van der Waals surface area contributed by atoms with Crippen LogP contribution in [-0.2, 0) is 9.59 Å². The van der Waals surface area contributed by atoms with Crippen LogP contribution in [0.25, 0.3) is 0 Å². The SMILES string of the molecule is C=C1C(=O)[C@@H]2[C@@H](CC[C@]3(C)CCC[C@@H]23)[C@@]2(C)C(=O)CCCC12. The summed E-state index contributed by atoms with van der Waals surface area (Å²) >= 11 is 0. The Morgan fingerprint density at radius 2 is 1.77 bits per heavy atom. The zero-order valence-corrected chi connectivity index (χ0v) is 14.0. The summed E-state index contributed by atoms with van der Waals surface area (Å²) in [5.41, 5.74) is 0.809. The van der Waals surface area contributed by atoms with E-state index in [1.807, 2.05) is 0 Å². The maximum absolute atomic E-state index is 13.1. The Labute approximate surface area is 133 Å². The number of carbonyl (C=O) groups is 2. The first kappa shape index (κ1) is 14.7. The van der Waals surface area contributed by atoms with Crippen molar-refractivity contribution in [3.63, 3.8) is 0 Å². The van der Waals surface area contributed by atoms with Gasteiger partial charge in [-0.2, -0.15) is 0 Å². The van der Waals surface area contributed by atoms with Crippen molar-refractivity contribution in [2.75, 3.05) is 0 Å². The van der Waals surface area contributed by atoms with Crippen LogP contribution in [0, 0.1) is 34.5 Å². The smallest absolute Gasteiger partial charge is 0.162 e. The summed E-state index contributed by atoms with van der Waals surface area (Å²) in [4.78, 5) is 26.0. The summed E-state index contributed by atoms with van der Waals surface area (Å²) < 4.78 is 0. The van der Waals surface area contributed by atoms with Crippen molar-refractivity contribution in [2.45, 2.75) is 65.2 Å². The van der Waals surface area contributed by atoms with Crippen molar-refractivity contribution >= 4 is 11.6 Å². The van der Waals surface area contributed by atoms with Gasteiger partial charge in [-0.1, -0.05) is 26.8 Å². The van der Waals surface area contributed by atoms with Gasteiger partial charge < -0.3 is 0 Å².